The molecule has 3 rings (SSSR count). The number of hydrogen-bond donors (Lipinski definition) is 1. The van der Waals surface area contributed by atoms with Gasteiger partial charge in [0.05, 0.1) is 22.1 Å². The Morgan fingerprint density at radius 2 is 2.10 bits per heavy atom. The summed E-state index contributed by atoms with van der Waals surface area (Å²) in [5.74, 6) is -1.17. The zero-order valence-corrected chi connectivity index (χ0v) is 11.9. The van der Waals surface area contributed by atoms with Crippen LogP contribution in [-0.4, -0.2) is 15.8 Å². The maximum Gasteiger partial charge on any atom is 0.511 e. The molecule has 0 unspecified atom stereocenters. The number of ether oxygens (including phenoxy) is 1. The Bertz CT molecular complexity index is 829. The molecule has 1 saturated carbocycles. The largest absolute Gasteiger partial charge is 0.511 e. The fourth-order valence-corrected chi connectivity index (χ4v) is 2.75. The molecule has 0 radical (unpaired) electrons. The first-order valence-corrected chi connectivity index (χ1v) is 6.79. The second-order valence-corrected chi connectivity index (χ2v) is 5.50. The van der Waals surface area contributed by atoms with E-state index in [0.717, 1.165) is 18.9 Å². The molecule has 0 saturated heterocycles. The van der Waals surface area contributed by atoms with Gasteiger partial charge in [0.25, 0.3) is 0 Å². The number of aromatic nitrogens is 1. The number of rotatable bonds is 2. The topological polar surface area (TPSA) is 68.5 Å². The molecule has 1 aliphatic carbocycles. The van der Waals surface area contributed by atoms with Gasteiger partial charge in [-0.3, -0.25) is 4.79 Å². The van der Waals surface area contributed by atoms with Crippen LogP contribution in [0.5, 0.6) is 5.75 Å². The van der Waals surface area contributed by atoms with Crippen LogP contribution in [0.25, 0.3) is 10.9 Å². The minimum atomic E-state index is -1.60. The number of fused-ring (bicyclic) bond motifs is 1. The number of benzene rings is 1. The van der Waals surface area contributed by atoms with Crippen molar-refractivity contribution in [3.05, 3.63) is 38.3 Å². The average Bonchev–Trinajstić information content (AvgIpc) is 3.23. The summed E-state index contributed by atoms with van der Waals surface area (Å²) in [5.41, 5.74) is -0.503. The molecule has 0 aliphatic heterocycles. The molecule has 1 N–H and O–H groups in total. The molecular formula is C13H8Cl2FNO4. The SMILES string of the molecule is O=C(O)Oc1cn(C2CC2)c2c(Cl)c(F)c(Cl)cc2c1=O. The Balaban J connectivity index is 2.40. The van der Waals surface area contributed by atoms with Gasteiger partial charge in [0.1, 0.15) is 5.02 Å². The van der Waals surface area contributed by atoms with E-state index in [0.29, 0.717) is 0 Å². The van der Waals surface area contributed by atoms with Gasteiger partial charge in [-0.2, -0.15) is 0 Å². The lowest BCUT2D eigenvalue weighted by molar-refractivity contribution is 0.143. The smallest absolute Gasteiger partial charge is 0.449 e. The van der Waals surface area contributed by atoms with Crippen LogP contribution in [-0.2, 0) is 0 Å². The van der Waals surface area contributed by atoms with Crippen LogP contribution in [0.15, 0.2) is 17.1 Å². The molecule has 110 valence electrons. The molecule has 0 atom stereocenters. The third kappa shape index (κ3) is 2.34. The molecule has 0 spiro atoms. The highest BCUT2D eigenvalue weighted by Crippen LogP contribution is 2.40. The Hall–Kier alpha value is -1.79. The second-order valence-electron chi connectivity index (χ2n) is 4.71. The monoisotopic (exact) mass is 331 g/mol. The highest BCUT2D eigenvalue weighted by molar-refractivity contribution is 6.38. The van der Waals surface area contributed by atoms with E-state index in [9.17, 15) is 14.0 Å². The summed E-state index contributed by atoms with van der Waals surface area (Å²) < 4.78 is 19.9. The minimum Gasteiger partial charge on any atom is -0.449 e. The Labute approximate surface area is 127 Å². The van der Waals surface area contributed by atoms with Crippen molar-refractivity contribution in [2.45, 2.75) is 18.9 Å². The third-order valence-corrected chi connectivity index (χ3v) is 3.88. The van der Waals surface area contributed by atoms with Crippen molar-refractivity contribution in [2.24, 2.45) is 0 Å². The summed E-state index contributed by atoms with van der Waals surface area (Å²) >= 11 is 11.7. The highest BCUT2D eigenvalue weighted by atomic mass is 35.5. The van der Waals surface area contributed by atoms with Gasteiger partial charge in [0, 0.05) is 6.04 Å². The summed E-state index contributed by atoms with van der Waals surface area (Å²) in [7, 11) is 0. The van der Waals surface area contributed by atoms with Crippen molar-refractivity contribution in [2.75, 3.05) is 0 Å². The fraction of sp³-hybridized carbons (Fsp3) is 0.231. The molecule has 1 aliphatic rings. The predicted octanol–water partition coefficient (Wildman–Crippen LogP) is 3.84. The van der Waals surface area contributed by atoms with Crippen molar-refractivity contribution in [3.63, 3.8) is 0 Å². The maximum atomic E-state index is 13.9. The van der Waals surface area contributed by atoms with Gasteiger partial charge in [-0.05, 0) is 18.9 Å². The summed E-state index contributed by atoms with van der Waals surface area (Å²) in [4.78, 5) is 22.9. The van der Waals surface area contributed by atoms with Gasteiger partial charge in [0.2, 0.25) is 5.43 Å². The first-order valence-electron chi connectivity index (χ1n) is 6.03. The summed E-state index contributed by atoms with van der Waals surface area (Å²) in [6.45, 7) is 0. The van der Waals surface area contributed by atoms with Gasteiger partial charge in [0.15, 0.2) is 11.6 Å². The van der Waals surface area contributed by atoms with E-state index >= 15 is 0 Å². The average molecular weight is 332 g/mol. The van der Waals surface area contributed by atoms with Crippen LogP contribution >= 0.6 is 23.2 Å². The highest BCUT2D eigenvalue weighted by Gasteiger charge is 2.28. The second kappa shape index (κ2) is 4.89. The van der Waals surface area contributed by atoms with Gasteiger partial charge in [-0.25, -0.2) is 9.18 Å². The van der Waals surface area contributed by atoms with Crippen molar-refractivity contribution in [1.29, 1.82) is 0 Å². The van der Waals surface area contributed by atoms with Crippen molar-refractivity contribution in [1.82, 2.24) is 4.57 Å². The fourth-order valence-electron chi connectivity index (χ4n) is 2.20. The molecule has 2 aromatic rings. The first-order chi connectivity index (χ1) is 9.90. The Kier molecular flexibility index (Phi) is 3.30. The van der Waals surface area contributed by atoms with E-state index in [2.05, 4.69) is 4.74 Å². The molecule has 5 nitrogen and oxygen atoms in total. The van der Waals surface area contributed by atoms with Crippen molar-refractivity contribution < 1.29 is 19.0 Å². The number of nitrogens with zero attached hydrogens (tertiary/aromatic N) is 1. The third-order valence-electron chi connectivity index (χ3n) is 3.26. The molecule has 1 heterocycles. The summed E-state index contributed by atoms with van der Waals surface area (Å²) in [5, 5.41) is 8.14. The van der Waals surface area contributed by atoms with Gasteiger partial charge >= 0.3 is 6.16 Å². The van der Waals surface area contributed by atoms with Crippen LogP contribution in [0.3, 0.4) is 0 Å². The zero-order chi connectivity index (χ0) is 15.3. The van der Waals surface area contributed by atoms with Crippen LogP contribution in [0.4, 0.5) is 9.18 Å². The standard InChI is InChI=1S/C13H8Cl2FNO4/c14-7-3-6-11(9(15)10(7)16)17(5-1-2-5)4-8(12(6)18)21-13(19)20/h3-5H,1-2H2,(H,19,20). The van der Waals surface area contributed by atoms with Gasteiger partial charge < -0.3 is 14.4 Å². The lowest BCUT2D eigenvalue weighted by Gasteiger charge is -2.14. The van der Waals surface area contributed by atoms with E-state index in [1.54, 1.807) is 4.57 Å². The zero-order valence-electron chi connectivity index (χ0n) is 10.4. The lowest BCUT2D eigenvalue weighted by Crippen LogP contribution is -2.16. The van der Waals surface area contributed by atoms with E-state index < -0.39 is 17.4 Å². The molecular weight excluding hydrogens is 324 g/mol. The van der Waals surface area contributed by atoms with Gasteiger partial charge in [-0.15, -0.1) is 0 Å². The molecule has 0 amide bonds. The minimum absolute atomic E-state index is 0.0250. The normalized spacial score (nSPS) is 14.4. The Morgan fingerprint density at radius 3 is 2.67 bits per heavy atom. The van der Waals surface area contributed by atoms with Crippen LogP contribution in [0.1, 0.15) is 18.9 Å². The predicted molar refractivity (Wildman–Crippen MR) is 75.1 cm³/mol. The van der Waals surface area contributed by atoms with Crippen LogP contribution < -0.4 is 10.2 Å². The van der Waals surface area contributed by atoms with Crippen LogP contribution in [0.2, 0.25) is 10.0 Å². The van der Waals surface area contributed by atoms with E-state index in [4.69, 9.17) is 28.3 Å². The summed E-state index contributed by atoms with van der Waals surface area (Å²) in [6.07, 6.45) is 1.29. The quantitative estimate of drug-likeness (QED) is 0.670. The molecule has 0 bridgehead atoms. The van der Waals surface area contributed by atoms with Crippen LogP contribution in [0, 0.1) is 5.82 Å². The van der Waals surface area contributed by atoms with Crippen molar-refractivity contribution in [3.8, 4) is 5.75 Å². The maximum absolute atomic E-state index is 13.9. The van der Waals surface area contributed by atoms with E-state index in [-0.39, 0.29) is 32.7 Å². The van der Waals surface area contributed by atoms with Crippen molar-refractivity contribution >= 4 is 40.3 Å². The molecule has 1 aromatic heterocycles. The molecule has 21 heavy (non-hydrogen) atoms. The van der Waals surface area contributed by atoms with Gasteiger partial charge in [-0.1, -0.05) is 23.2 Å². The van der Waals surface area contributed by atoms with E-state index in [1.165, 1.54) is 6.20 Å². The number of carbonyl (C=O) groups is 1. The molecule has 1 fully saturated rings. The number of hydrogen-bond acceptors (Lipinski definition) is 3. The first kappa shape index (κ1) is 14.2. The number of pyridine rings is 1. The Morgan fingerprint density at radius 1 is 1.43 bits per heavy atom. The summed E-state index contributed by atoms with van der Waals surface area (Å²) in [6, 6.07) is 1.16. The number of carboxylic acid groups (broad SMARTS) is 1. The lowest BCUT2D eigenvalue weighted by atomic mass is 10.2. The molecule has 1 aromatic carbocycles. The molecule has 8 heteroatoms. The number of halogens is 3. The van der Waals surface area contributed by atoms with E-state index in [1.807, 2.05) is 0 Å².